The number of aldehydes is 1. The number of rotatable bonds is 2. The molecule has 3 aromatic rings. The fourth-order valence-corrected chi connectivity index (χ4v) is 2.22. The first-order chi connectivity index (χ1) is 10.0. The molecule has 0 aliphatic rings. The maximum atomic E-state index is 12.8. The second-order valence-corrected chi connectivity index (χ2v) is 4.49. The highest BCUT2D eigenvalue weighted by Gasteiger charge is 2.31. The van der Waals surface area contributed by atoms with Gasteiger partial charge in [-0.25, -0.2) is 0 Å². The fourth-order valence-electron chi connectivity index (χ4n) is 2.22. The zero-order valence-corrected chi connectivity index (χ0v) is 10.6. The predicted molar refractivity (Wildman–Crippen MR) is 71.0 cm³/mol. The lowest BCUT2D eigenvalue weighted by atomic mass is 10.2. The summed E-state index contributed by atoms with van der Waals surface area (Å²) < 4.78 is 39.9. The van der Waals surface area contributed by atoms with Crippen molar-refractivity contribution in [2.24, 2.45) is 0 Å². The van der Waals surface area contributed by atoms with Gasteiger partial charge in [-0.2, -0.15) is 13.2 Å². The van der Waals surface area contributed by atoms with E-state index in [2.05, 4.69) is 4.98 Å². The summed E-state index contributed by atoms with van der Waals surface area (Å²) in [5, 5.41) is 0. The van der Waals surface area contributed by atoms with Crippen molar-refractivity contribution in [3.63, 3.8) is 0 Å². The number of alkyl halides is 3. The molecule has 0 aromatic carbocycles. The molecule has 0 saturated heterocycles. The van der Waals surface area contributed by atoms with Crippen molar-refractivity contribution in [3.05, 3.63) is 59.9 Å². The van der Waals surface area contributed by atoms with Crippen LogP contribution in [0.25, 0.3) is 16.9 Å². The highest BCUT2D eigenvalue weighted by atomic mass is 19.4. The number of pyridine rings is 2. The Kier molecular flexibility index (Phi) is 3.01. The van der Waals surface area contributed by atoms with E-state index in [-0.39, 0.29) is 0 Å². The van der Waals surface area contributed by atoms with Crippen LogP contribution in [0.5, 0.6) is 0 Å². The summed E-state index contributed by atoms with van der Waals surface area (Å²) in [6, 6.07) is 8.92. The molecule has 0 atom stereocenters. The van der Waals surface area contributed by atoms with Crippen molar-refractivity contribution in [1.82, 2.24) is 9.38 Å². The van der Waals surface area contributed by atoms with Crippen molar-refractivity contribution in [2.75, 3.05) is 0 Å². The Morgan fingerprint density at radius 3 is 2.57 bits per heavy atom. The van der Waals surface area contributed by atoms with Crippen LogP contribution in [0.2, 0.25) is 0 Å². The van der Waals surface area contributed by atoms with Gasteiger partial charge >= 0.3 is 6.18 Å². The lowest BCUT2D eigenvalue weighted by molar-refractivity contribution is -0.137. The number of aromatic nitrogens is 2. The first-order valence-electron chi connectivity index (χ1n) is 6.09. The molecule has 3 rings (SSSR count). The second kappa shape index (κ2) is 4.73. The van der Waals surface area contributed by atoms with Crippen molar-refractivity contribution in [2.45, 2.75) is 6.18 Å². The van der Waals surface area contributed by atoms with E-state index in [9.17, 15) is 18.0 Å². The molecule has 3 nitrogen and oxygen atoms in total. The SMILES string of the molecule is O=Cc1cc2ccc(C(F)(F)F)cn2c1-c1ccccn1. The van der Waals surface area contributed by atoms with Gasteiger partial charge in [0, 0.05) is 23.5 Å². The number of hydrogen-bond donors (Lipinski definition) is 0. The van der Waals surface area contributed by atoms with Gasteiger partial charge in [-0.1, -0.05) is 6.07 Å². The summed E-state index contributed by atoms with van der Waals surface area (Å²) in [6.07, 6.45) is -1.32. The first kappa shape index (κ1) is 13.4. The Bertz CT molecular complexity index is 807. The average molecular weight is 290 g/mol. The van der Waals surface area contributed by atoms with Gasteiger partial charge in [-0.05, 0) is 30.3 Å². The summed E-state index contributed by atoms with van der Waals surface area (Å²) in [5.41, 5.74) is 0.824. The summed E-state index contributed by atoms with van der Waals surface area (Å²) in [5.74, 6) is 0. The van der Waals surface area contributed by atoms with Gasteiger partial charge in [-0.3, -0.25) is 9.78 Å². The van der Waals surface area contributed by atoms with Crippen molar-refractivity contribution in [1.29, 1.82) is 0 Å². The van der Waals surface area contributed by atoms with Crippen LogP contribution in [-0.2, 0) is 6.18 Å². The molecule has 0 bridgehead atoms. The number of carbonyl (C=O) groups is 1. The van der Waals surface area contributed by atoms with Crippen molar-refractivity contribution in [3.8, 4) is 11.4 Å². The molecular weight excluding hydrogens is 281 g/mol. The predicted octanol–water partition coefficient (Wildman–Crippen LogP) is 3.83. The molecule has 0 unspecified atom stereocenters. The van der Waals surface area contributed by atoms with Crippen LogP contribution in [0.4, 0.5) is 13.2 Å². The summed E-state index contributed by atoms with van der Waals surface area (Å²) in [6.45, 7) is 0. The van der Waals surface area contributed by atoms with E-state index < -0.39 is 11.7 Å². The molecule has 0 aliphatic carbocycles. The number of nitrogens with zero attached hydrogens (tertiary/aromatic N) is 2. The van der Waals surface area contributed by atoms with Gasteiger partial charge in [0.2, 0.25) is 0 Å². The molecule has 0 radical (unpaired) electrons. The normalized spacial score (nSPS) is 11.8. The molecule has 3 aromatic heterocycles. The molecule has 0 spiro atoms. The van der Waals surface area contributed by atoms with Crippen molar-refractivity contribution >= 4 is 11.8 Å². The van der Waals surface area contributed by atoms with E-state index in [1.807, 2.05) is 0 Å². The van der Waals surface area contributed by atoms with Crippen LogP contribution in [-0.4, -0.2) is 15.7 Å². The molecule has 0 saturated carbocycles. The van der Waals surface area contributed by atoms with Gasteiger partial charge in [0.05, 0.1) is 17.0 Å². The molecule has 3 heterocycles. The van der Waals surface area contributed by atoms with Crippen molar-refractivity contribution < 1.29 is 18.0 Å². The minimum Gasteiger partial charge on any atom is -0.314 e. The van der Waals surface area contributed by atoms with Crippen LogP contribution >= 0.6 is 0 Å². The maximum Gasteiger partial charge on any atom is 0.417 e. The molecule has 106 valence electrons. The maximum absolute atomic E-state index is 12.8. The monoisotopic (exact) mass is 290 g/mol. The Morgan fingerprint density at radius 1 is 1.14 bits per heavy atom. The van der Waals surface area contributed by atoms with E-state index >= 15 is 0 Å². The highest BCUT2D eigenvalue weighted by molar-refractivity contribution is 5.89. The van der Waals surface area contributed by atoms with Gasteiger partial charge in [0.1, 0.15) is 0 Å². The number of hydrogen-bond acceptors (Lipinski definition) is 2. The van der Waals surface area contributed by atoms with E-state index in [0.717, 1.165) is 12.3 Å². The molecule has 6 heteroatoms. The molecule has 0 amide bonds. The largest absolute Gasteiger partial charge is 0.417 e. The minimum atomic E-state index is -4.44. The Morgan fingerprint density at radius 2 is 1.95 bits per heavy atom. The number of carbonyl (C=O) groups excluding carboxylic acids is 1. The van der Waals surface area contributed by atoms with Crippen LogP contribution in [0.3, 0.4) is 0 Å². The second-order valence-electron chi connectivity index (χ2n) is 4.49. The van der Waals surface area contributed by atoms with E-state index in [1.165, 1.54) is 22.7 Å². The molecule has 21 heavy (non-hydrogen) atoms. The number of halogens is 3. The quantitative estimate of drug-likeness (QED) is 0.672. The van der Waals surface area contributed by atoms with E-state index in [4.69, 9.17) is 0 Å². The molecule has 0 N–H and O–H groups in total. The van der Waals surface area contributed by atoms with E-state index in [1.54, 1.807) is 18.2 Å². The Balaban J connectivity index is 2.33. The van der Waals surface area contributed by atoms with Crippen LogP contribution in [0, 0.1) is 0 Å². The molecule has 0 fully saturated rings. The summed E-state index contributed by atoms with van der Waals surface area (Å²) >= 11 is 0. The Labute approximate surface area is 117 Å². The first-order valence-corrected chi connectivity index (χ1v) is 6.09. The fraction of sp³-hybridized carbons (Fsp3) is 0.0667. The van der Waals surface area contributed by atoms with Crippen LogP contribution in [0.15, 0.2) is 48.8 Å². The van der Waals surface area contributed by atoms with Crippen LogP contribution < -0.4 is 0 Å². The zero-order chi connectivity index (χ0) is 15.0. The Hall–Kier alpha value is -2.63. The zero-order valence-electron chi connectivity index (χ0n) is 10.6. The van der Waals surface area contributed by atoms with E-state index in [0.29, 0.717) is 28.8 Å². The third-order valence-electron chi connectivity index (χ3n) is 3.16. The minimum absolute atomic E-state index is 0.299. The molecule has 0 aliphatic heterocycles. The highest BCUT2D eigenvalue weighted by Crippen LogP contribution is 2.32. The lowest BCUT2D eigenvalue weighted by Gasteiger charge is -2.09. The molecular formula is C15H9F3N2O. The lowest BCUT2D eigenvalue weighted by Crippen LogP contribution is -2.06. The number of fused-ring (bicyclic) bond motifs is 1. The smallest absolute Gasteiger partial charge is 0.314 e. The van der Waals surface area contributed by atoms with Gasteiger partial charge in [-0.15, -0.1) is 0 Å². The van der Waals surface area contributed by atoms with Gasteiger partial charge in [0.25, 0.3) is 0 Å². The van der Waals surface area contributed by atoms with Gasteiger partial charge in [0.15, 0.2) is 6.29 Å². The van der Waals surface area contributed by atoms with Crippen LogP contribution in [0.1, 0.15) is 15.9 Å². The third kappa shape index (κ3) is 2.29. The standard InChI is InChI=1S/C15H9F3N2O/c16-15(17,18)11-4-5-12-7-10(9-21)14(20(12)8-11)13-3-1-2-6-19-13/h1-9H. The average Bonchev–Trinajstić information content (AvgIpc) is 2.84. The summed E-state index contributed by atoms with van der Waals surface area (Å²) in [7, 11) is 0. The third-order valence-corrected chi connectivity index (χ3v) is 3.16. The van der Waals surface area contributed by atoms with Gasteiger partial charge < -0.3 is 4.40 Å². The summed E-state index contributed by atoms with van der Waals surface area (Å²) in [4.78, 5) is 15.3. The topological polar surface area (TPSA) is 34.4 Å².